The van der Waals surface area contributed by atoms with Gasteiger partial charge in [-0.2, -0.15) is 5.10 Å². The normalized spacial score (nSPS) is 10.8. The summed E-state index contributed by atoms with van der Waals surface area (Å²) in [6.07, 6.45) is 1.61. The van der Waals surface area contributed by atoms with Crippen LogP contribution in [-0.2, 0) is 13.6 Å². The summed E-state index contributed by atoms with van der Waals surface area (Å²) in [5, 5.41) is 9.06. The molecule has 1 aromatic heterocycles. The van der Waals surface area contributed by atoms with Crippen molar-refractivity contribution in [1.29, 1.82) is 0 Å². The first-order chi connectivity index (χ1) is 10.1. The van der Waals surface area contributed by atoms with Crippen molar-refractivity contribution >= 4 is 32.6 Å². The van der Waals surface area contributed by atoms with E-state index in [1.165, 1.54) is 0 Å². The Labute approximate surface area is 130 Å². The average molecular weight is 345 g/mol. The van der Waals surface area contributed by atoms with E-state index in [0.717, 1.165) is 15.2 Å². The maximum absolute atomic E-state index is 12.2. The summed E-state index contributed by atoms with van der Waals surface area (Å²) in [6.45, 7) is 0.318. The molecule has 21 heavy (non-hydrogen) atoms. The van der Waals surface area contributed by atoms with Crippen LogP contribution in [0.25, 0.3) is 10.8 Å². The third-order valence-corrected chi connectivity index (χ3v) is 3.61. The molecule has 0 aliphatic heterocycles. The van der Waals surface area contributed by atoms with E-state index in [1.54, 1.807) is 18.1 Å². The second-order valence-electron chi connectivity index (χ2n) is 4.72. The van der Waals surface area contributed by atoms with Crippen LogP contribution in [0.3, 0.4) is 0 Å². The number of rotatable bonds is 3. The number of carbonyl (C=O) groups is 1. The van der Waals surface area contributed by atoms with Crippen LogP contribution >= 0.6 is 15.9 Å². The molecule has 0 bridgehead atoms. The molecule has 0 fully saturated rings. The lowest BCUT2D eigenvalue weighted by Crippen LogP contribution is -2.23. The van der Waals surface area contributed by atoms with Crippen LogP contribution in [0.5, 0.6) is 0 Å². The Morgan fingerprint density at radius 1 is 1.24 bits per heavy atom. The topological polar surface area (TPSA) is 59.8 Å². The largest absolute Gasteiger partial charge is 0.345 e. The molecule has 0 spiro atoms. The molecule has 0 saturated heterocycles. The third-order valence-electron chi connectivity index (χ3n) is 3.12. The highest BCUT2D eigenvalue weighted by molar-refractivity contribution is 9.10. The van der Waals surface area contributed by atoms with Gasteiger partial charge in [0.05, 0.1) is 6.54 Å². The Morgan fingerprint density at radius 3 is 2.76 bits per heavy atom. The molecule has 0 aliphatic carbocycles. The van der Waals surface area contributed by atoms with Gasteiger partial charge in [0, 0.05) is 17.1 Å². The van der Waals surface area contributed by atoms with E-state index in [1.807, 2.05) is 36.4 Å². The molecular formula is C15H13BrN4O. The summed E-state index contributed by atoms with van der Waals surface area (Å²) in [5.74, 6) is 0.461. The number of hydrogen-bond acceptors (Lipinski definition) is 3. The van der Waals surface area contributed by atoms with E-state index in [2.05, 4.69) is 31.3 Å². The van der Waals surface area contributed by atoms with Gasteiger partial charge >= 0.3 is 0 Å². The predicted octanol–water partition coefficient (Wildman–Crippen LogP) is 2.66. The number of aromatic nitrogens is 3. The number of carbonyl (C=O) groups excluding carboxylic acids is 1. The van der Waals surface area contributed by atoms with Crippen molar-refractivity contribution in [3.8, 4) is 0 Å². The number of nitrogens with zero attached hydrogens (tertiary/aromatic N) is 3. The Bertz CT molecular complexity index is 812. The minimum absolute atomic E-state index is 0.132. The summed E-state index contributed by atoms with van der Waals surface area (Å²) >= 11 is 3.44. The van der Waals surface area contributed by atoms with Crippen LogP contribution in [0.4, 0.5) is 0 Å². The van der Waals surface area contributed by atoms with Gasteiger partial charge in [-0.15, -0.1) is 0 Å². The second kappa shape index (κ2) is 5.65. The summed E-state index contributed by atoms with van der Waals surface area (Å²) in [5.41, 5.74) is 0.626. The Hall–Kier alpha value is -2.21. The first-order valence-corrected chi connectivity index (χ1v) is 7.23. The van der Waals surface area contributed by atoms with Crippen molar-refractivity contribution in [3.05, 3.63) is 58.6 Å². The number of hydrogen-bond donors (Lipinski definition) is 1. The summed E-state index contributed by atoms with van der Waals surface area (Å²) < 4.78 is 2.63. The lowest BCUT2D eigenvalue weighted by Gasteiger charge is -2.05. The fourth-order valence-electron chi connectivity index (χ4n) is 2.08. The molecule has 3 aromatic rings. The number of aryl methyl sites for hydroxylation is 1. The van der Waals surface area contributed by atoms with Crippen molar-refractivity contribution in [2.24, 2.45) is 7.05 Å². The fourth-order valence-corrected chi connectivity index (χ4v) is 2.46. The fraction of sp³-hybridized carbons (Fsp3) is 0.133. The zero-order chi connectivity index (χ0) is 14.8. The zero-order valence-corrected chi connectivity index (χ0v) is 13.0. The lowest BCUT2D eigenvalue weighted by molar-refractivity contribution is 0.0950. The van der Waals surface area contributed by atoms with Crippen molar-refractivity contribution in [1.82, 2.24) is 20.1 Å². The zero-order valence-electron chi connectivity index (χ0n) is 11.4. The highest BCUT2D eigenvalue weighted by atomic mass is 79.9. The molecule has 5 nitrogen and oxygen atoms in total. The van der Waals surface area contributed by atoms with E-state index in [9.17, 15) is 4.79 Å². The van der Waals surface area contributed by atoms with Gasteiger partial charge in [0.1, 0.15) is 6.33 Å². The summed E-state index contributed by atoms with van der Waals surface area (Å²) in [6, 6.07) is 11.6. The molecule has 0 aliphatic rings. The van der Waals surface area contributed by atoms with Crippen LogP contribution in [0.2, 0.25) is 0 Å². The van der Waals surface area contributed by atoms with Gasteiger partial charge in [-0.3, -0.25) is 9.48 Å². The SMILES string of the molecule is Cn1cnc(CNC(=O)c2ccc3cc(Br)ccc3c2)n1. The van der Waals surface area contributed by atoms with Gasteiger partial charge in [-0.25, -0.2) is 4.98 Å². The number of halogens is 1. The molecule has 0 saturated carbocycles. The number of benzene rings is 2. The Balaban J connectivity index is 1.76. The third kappa shape index (κ3) is 3.11. The molecule has 1 heterocycles. The van der Waals surface area contributed by atoms with E-state index in [4.69, 9.17) is 0 Å². The molecule has 2 aromatic carbocycles. The van der Waals surface area contributed by atoms with Crippen LogP contribution in [0.1, 0.15) is 16.2 Å². The minimum atomic E-state index is -0.132. The second-order valence-corrected chi connectivity index (χ2v) is 5.64. The molecule has 0 unspecified atom stereocenters. The van der Waals surface area contributed by atoms with Gasteiger partial charge in [-0.1, -0.05) is 28.1 Å². The minimum Gasteiger partial charge on any atom is -0.345 e. The lowest BCUT2D eigenvalue weighted by atomic mass is 10.1. The molecule has 106 valence electrons. The number of amides is 1. The standard InChI is InChI=1S/C15H13BrN4O/c1-20-9-18-14(19-20)8-17-15(21)12-3-2-11-7-13(16)5-4-10(11)6-12/h2-7,9H,8H2,1H3,(H,17,21). The number of fused-ring (bicyclic) bond motifs is 1. The smallest absolute Gasteiger partial charge is 0.251 e. The van der Waals surface area contributed by atoms with Crippen molar-refractivity contribution in [2.75, 3.05) is 0 Å². The Kier molecular flexibility index (Phi) is 3.70. The van der Waals surface area contributed by atoms with Crippen LogP contribution in [0, 0.1) is 0 Å². The quantitative estimate of drug-likeness (QED) is 0.794. The molecule has 3 rings (SSSR count). The van der Waals surface area contributed by atoms with Crippen LogP contribution in [-0.4, -0.2) is 20.7 Å². The van der Waals surface area contributed by atoms with Gasteiger partial charge in [0.25, 0.3) is 5.91 Å². The van der Waals surface area contributed by atoms with Gasteiger partial charge in [0.15, 0.2) is 5.82 Å². The van der Waals surface area contributed by atoms with E-state index >= 15 is 0 Å². The molecule has 1 amide bonds. The maximum atomic E-state index is 12.2. The van der Waals surface area contributed by atoms with Gasteiger partial charge < -0.3 is 5.32 Å². The van der Waals surface area contributed by atoms with E-state index in [-0.39, 0.29) is 5.91 Å². The highest BCUT2D eigenvalue weighted by Crippen LogP contribution is 2.20. The van der Waals surface area contributed by atoms with E-state index < -0.39 is 0 Å². The molecule has 6 heteroatoms. The predicted molar refractivity (Wildman–Crippen MR) is 83.8 cm³/mol. The molecule has 0 radical (unpaired) electrons. The molecule has 0 atom stereocenters. The summed E-state index contributed by atoms with van der Waals surface area (Å²) in [7, 11) is 1.79. The molecular weight excluding hydrogens is 332 g/mol. The van der Waals surface area contributed by atoms with Crippen LogP contribution in [0.15, 0.2) is 47.2 Å². The molecule has 1 N–H and O–H groups in total. The number of nitrogens with one attached hydrogen (secondary N) is 1. The van der Waals surface area contributed by atoms with Crippen molar-refractivity contribution < 1.29 is 4.79 Å². The van der Waals surface area contributed by atoms with E-state index in [0.29, 0.717) is 17.9 Å². The Morgan fingerprint density at radius 2 is 2.00 bits per heavy atom. The maximum Gasteiger partial charge on any atom is 0.251 e. The highest BCUT2D eigenvalue weighted by Gasteiger charge is 2.08. The average Bonchev–Trinajstić information content (AvgIpc) is 2.90. The monoisotopic (exact) mass is 344 g/mol. The van der Waals surface area contributed by atoms with Gasteiger partial charge in [0.2, 0.25) is 0 Å². The van der Waals surface area contributed by atoms with Gasteiger partial charge in [-0.05, 0) is 35.0 Å². The van der Waals surface area contributed by atoms with Crippen molar-refractivity contribution in [3.63, 3.8) is 0 Å². The van der Waals surface area contributed by atoms with Crippen molar-refractivity contribution in [2.45, 2.75) is 6.54 Å². The first-order valence-electron chi connectivity index (χ1n) is 6.44. The first kappa shape index (κ1) is 13.8. The summed E-state index contributed by atoms with van der Waals surface area (Å²) in [4.78, 5) is 16.2. The van der Waals surface area contributed by atoms with Crippen LogP contribution < -0.4 is 5.32 Å².